The molecule has 1 heterocycles. The molecule has 1 aromatic heterocycles. The zero-order chi connectivity index (χ0) is 20.1. The number of para-hydroxylation sites is 1. The van der Waals surface area contributed by atoms with Gasteiger partial charge in [0.05, 0.1) is 10.7 Å². The number of carbonyl (C=O) groups excluding carboxylic acids is 1. The Morgan fingerprint density at radius 2 is 1.68 bits per heavy atom. The van der Waals surface area contributed by atoms with E-state index in [1.54, 1.807) is 30.3 Å². The van der Waals surface area contributed by atoms with Crippen LogP contribution in [0.15, 0.2) is 65.5 Å². The molecule has 2 aromatic carbocycles. The summed E-state index contributed by atoms with van der Waals surface area (Å²) in [7, 11) is 0. The Morgan fingerprint density at radius 1 is 1.00 bits per heavy atom. The van der Waals surface area contributed by atoms with Crippen molar-refractivity contribution in [3.05, 3.63) is 98.4 Å². The quantitative estimate of drug-likeness (QED) is 0.644. The average molecular weight is 395 g/mol. The third-order valence-electron chi connectivity index (χ3n) is 4.73. The summed E-state index contributed by atoms with van der Waals surface area (Å²) >= 11 is 6.16. The largest absolute Gasteiger partial charge is 0.343 e. The molecule has 4 nitrogen and oxygen atoms in total. The number of hydrogen-bond donors (Lipinski definition) is 1. The monoisotopic (exact) mass is 394 g/mol. The van der Waals surface area contributed by atoms with Crippen molar-refractivity contribution in [1.82, 2.24) is 4.57 Å². The maximum absolute atomic E-state index is 13.0. The first-order valence-corrected chi connectivity index (χ1v) is 9.78. The molecule has 0 atom stereocenters. The number of rotatable bonds is 6. The number of anilines is 1. The van der Waals surface area contributed by atoms with E-state index in [2.05, 4.69) is 9.88 Å². The average Bonchev–Trinajstić information content (AvgIpc) is 2.71. The molecule has 5 heteroatoms. The number of nitrogens with one attached hydrogen (secondary N) is 1. The summed E-state index contributed by atoms with van der Waals surface area (Å²) in [5.74, 6) is -0.431. The molecule has 0 fully saturated rings. The van der Waals surface area contributed by atoms with Crippen LogP contribution >= 0.6 is 11.6 Å². The van der Waals surface area contributed by atoms with Crippen LogP contribution in [0.5, 0.6) is 0 Å². The van der Waals surface area contributed by atoms with Crippen molar-refractivity contribution < 1.29 is 4.79 Å². The van der Waals surface area contributed by atoms with Crippen molar-refractivity contribution >= 4 is 23.2 Å². The highest BCUT2D eigenvalue weighted by molar-refractivity contribution is 6.33. The molecule has 1 N–H and O–H groups in total. The van der Waals surface area contributed by atoms with Crippen LogP contribution in [0.25, 0.3) is 0 Å². The van der Waals surface area contributed by atoms with Gasteiger partial charge in [-0.1, -0.05) is 67.9 Å². The number of hydrogen-bond acceptors (Lipinski definition) is 2. The Hall–Kier alpha value is -2.85. The smallest absolute Gasteiger partial charge is 0.261 e. The Labute approximate surface area is 169 Å². The van der Waals surface area contributed by atoms with Crippen LogP contribution in [0.3, 0.4) is 0 Å². The third kappa shape index (κ3) is 4.18. The lowest BCUT2D eigenvalue weighted by Crippen LogP contribution is -2.29. The summed E-state index contributed by atoms with van der Waals surface area (Å²) < 4.78 is 2.08. The summed E-state index contributed by atoms with van der Waals surface area (Å²) in [5.41, 5.74) is 3.17. The van der Waals surface area contributed by atoms with Gasteiger partial charge in [0.2, 0.25) is 0 Å². The molecule has 0 saturated carbocycles. The van der Waals surface area contributed by atoms with E-state index < -0.39 is 5.91 Å². The van der Waals surface area contributed by atoms with Crippen molar-refractivity contribution in [2.75, 3.05) is 5.32 Å². The number of benzene rings is 2. The van der Waals surface area contributed by atoms with Crippen LogP contribution in [0, 0.1) is 0 Å². The van der Waals surface area contributed by atoms with Crippen LogP contribution < -0.4 is 10.7 Å². The highest BCUT2D eigenvalue weighted by atomic mass is 35.5. The molecule has 0 spiro atoms. The summed E-state index contributed by atoms with van der Waals surface area (Å²) in [4.78, 5) is 25.8. The van der Waals surface area contributed by atoms with Crippen molar-refractivity contribution in [3.8, 4) is 0 Å². The van der Waals surface area contributed by atoms with Gasteiger partial charge in [-0.25, -0.2) is 0 Å². The number of amides is 1. The Balaban J connectivity index is 2.08. The van der Waals surface area contributed by atoms with Crippen LogP contribution in [0.4, 0.5) is 5.69 Å². The summed E-state index contributed by atoms with van der Waals surface area (Å²) in [6.45, 7) is 4.58. The summed E-state index contributed by atoms with van der Waals surface area (Å²) in [6.07, 6.45) is 1.28. The molecule has 0 unspecified atom stereocenters. The van der Waals surface area contributed by atoms with E-state index in [1.807, 2.05) is 44.2 Å². The molecule has 0 aliphatic carbocycles. The third-order valence-corrected chi connectivity index (χ3v) is 5.06. The van der Waals surface area contributed by atoms with E-state index in [9.17, 15) is 9.59 Å². The first kappa shape index (κ1) is 19.9. The molecule has 0 aliphatic rings. The second-order valence-electron chi connectivity index (χ2n) is 6.53. The minimum absolute atomic E-state index is 0.176. The second-order valence-corrected chi connectivity index (χ2v) is 6.94. The fraction of sp³-hybridized carbons (Fsp3) is 0.217. The lowest BCUT2D eigenvalue weighted by atomic mass is 10.1. The topological polar surface area (TPSA) is 51.1 Å². The fourth-order valence-electron chi connectivity index (χ4n) is 3.37. The van der Waals surface area contributed by atoms with Crippen molar-refractivity contribution in [2.24, 2.45) is 0 Å². The molecule has 0 aliphatic heterocycles. The number of aromatic nitrogens is 1. The highest BCUT2D eigenvalue weighted by Crippen LogP contribution is 2.22. The molecule has 28 heavy (non-hydrogen) atoms. The van der Waals surface area contributed by atoms with Crippen LogP contribution in [0.1, 0.15) is 41.2 Å². The standard InChI is InChI=1S/C23H23ClN2O2/c1-3-17-14-21(27)22(23(28)25-19-13-9-8-12-18(19)24)20(4-2)26(17)15-16-10-6-5-7-11-16/h5-14H,3-4,15H2,1-2H3,(H,25,28). The van der Waals surface area contributed by atoms with Gasteiger partial charge in [-0.05, 0) is 30.5 Å². The molecule has 0 saturated heterocycles. The minimum Gasteiger partial charge on any atom is -0.343 e. The van der Waals surface area contributed by atoms with Crippen molar-refractivity contribution in [3.63, 3.8) is 0 Å². The van der Waals surface area contributed by atoms with Gasteiger partial charge >= 0.3 is 0 Å². The SMILES string of the molecule is CCc1cc(=O)c(C(=O)Nc2ccccc2Cl)c(CC)n1Cc1ccccc1. The molecule has 0 bridgehead atoms. The first-order chi connectivity index (χ1) is 13.5. The molecule has 3 rings (SSSR count). The highest BCUT2D eigenvalue weighted by Gasteiger charge is 2.20. The Morgan fingerprint density at radius 3 is 2.32 bits per heavy atom. The van der Waals surface area contributed by atoms with Gasteiger partial charge in [-0.3, -0.25) is 9.59 Å². The van der Waals surface area contributed by atoms with Crippen LogP contribution in [0.2, 0.25) is 5.02 Å². The van der Waals surface area contributed by atoms with E-state index >= 15 is 0 Å². The van der Waals surface area contributed by atoms with Crippen LogP contribution in [-0.4, -0.2) is 10.5 Å². The number of carbonyl (C=O) groups is 1. The zero-order valence-electron chi connectivity index (χ0n) is 16.0. The first-order valence-electron chi connectivity index (χ1n) is 9.40. The number of nitrogens with zero attached hydrogens (tertiary/aromatic N) is 1. The zero-order valence-corrected chi connectivity index (χ0v) is 16.8. The fourth-order valence-corrected chi connectivity index (χ4v) is 3.55. The summed E-state index contributed by atoms with van der Waals surface area (Å²) in [5, 5.41) is 3.22. The van der Waals surface area contributed by atoms with E-state index in [0.29, 0.717) is 30.1 Å². The number of halogens is 1. The van der Waals surface area contributed by atoms with Gasteiger partial charge in [0.25, 0.3) is 5.91 Å². The van der Waals surface area contributed by atoms with E-state index in [-0.39, 0.29) is 11.0 Å². The second kappa shape index (κ2) is 8.89. The van der Waals surface area contributed by atoms with E-state index in [4.69, 9.17) is 11.6 Å². The number of pyridine rings is 1. The lowest BCUT2D eigenvalue weighted by Gasteiger charge is -2.20. The van der Waals surface area contributed by atoms with Gasteiger partial charge in [-0.15, -0.1) is 0 Å². The van der Waals surface area contributed by atoms with Crippen molar-refractivity contribution in [2.45, 2.75) is 33.2 Å². The maximum Gasteiger partial charge on any atom is 0.261 e. The molecule has 144 valence electrons. The molecular weight excluding hydrogens is 372 g/mol. The predicted molar refractivity (Wildman–Crippen MR) is 114 cm³/mol. The van der Waals surface area contributed by atoms with E-state index in [0.717, 1.165) is 17.0 Å². The Kier molecular flexibility index (Phi) is 6.32. The van der Waals surface area contributed by atoms with Crippen molar-refractivity contribution in [1.29, 1.82) is 0 Å². The van der Waals surface area contributed by atoms with E-state index in [1.165, 1.54) is 0 Å². The van der Waals surface area contributed by atoms with Gasteiger partial charge in [-0.2, -0.15) is 0 Å². The minimum atomic E-state index is -0.431. The summed E-state index contributed by atoms with van der Waals surface area (Å²) in [6, 6.07) is 18.6. The number of aryl methyl sites for hydroxylation is 1. The van der Waals surface area contributed by atoms with Gasteiger partial charge < -0.3 is 9.88 Å². The maximum atomic E-state index is 13.0. The van der Waals surface area contributed by atoms with Gasteiger partial charge in [0.15, 0.2) is 5.43 Å². The predicted octanol–water partition coefficient (Wildman–Crippen LogP) is 4.93. The Bertz CT molecular complexity index is 1040. The normalized spacial score (nSPS) is 10.7. The van der Waals surface area contributed by atoms with Gasteiger partial charge in [0, 0.05) is 24.0 Å². The molecule has 3 aromatic rings. The van der Waals surface area contributed by atoms with Crippen LogP contribution in [-0.2, 0) is 19.4 Å². The lowest BCUT2D eigenvalue weighted by molar-refractivity contribution is 0.102. The van der Waals surface area contributed by atoms with Gasteiger partial charge in [0.1, 0.15) is 5.56 Å². The molecular formula is C23H23ClN2O2. The molecule has 1 amide bonds. The molecule has 0 radical (unpaired) electrons.